The van der Waals surface area contributed by atoms with Gasteiger partial charge in [0.15, 0.2) is 0 Å². The number of amides is 2. The van der Waals surface area contributed by atoms with E-state index in [0.717, 1.165) is 40.7 Å². The summed E-state index contributed by atoms with van der Waals surface area (Å²) in [5.41, 5.74) is 3.07. The Bertz CT molecular complexity index is 1060. The van der Waals surface area contributed by atoms with Crippen LogP contribution in [0.15, 0.2) is 82.6 Å². The molecule has 3 aromatic rings. The Labute approximate surface area is 205 Å². The highest BCUT2D eigenvalue weighted by Crippen LogP contribution is 2.49. The molecule has 32 heavy (non-hydrogen) atoms. The monoisotopic (exact) mass is 487 g/mol. The molecule has 0 unspecified atom stereocenters. The molecule has 1 heterocycles. The number of hydrogen-bond donors (Lipinski definition) is 0. The molecule has 4 rings (SSSR count). The number of fused-ring (bicyclic) bond motifs is 2. The van der Waals surface area contributed by atoms with Crippen LogP contribution in [-0.4, -0.2) is 49.6 Å². The van der Waals surface area contributed by atoms with Crippen molar-refractivity contribution in [1.29, 1.82) is 0 Å². The molecule has 1 aliphatic heterocycles. The molecule has 168 valence electrons. The number of likely N-dealkylation sites (N-methyl/N-ethyl adjacent to an activating group) is 2. The van der Waals surface area contributed by atoms with Crippen LogP contribution >= 0.6 is 35.8 Å². The molecular formula is C25H27Cl2N3OS. The van der Waals surface area contributed by atoms with Gasteiger partial charge in [-0.15, -0.1) is 12.4 Å². The SMILES string of the molecule is CN(CCc1ccccc1)CCN(C)C(=O)N1c2ccccc2Sc2ccc(Cl)cc21.Cl. The van der Waals surface area contributed by atoms with Gasteiger partial charge in [-0.1, -0.05) is 65.8 Å². The van der Waals surface area contributed by atoms with Gasteiger partial charge < -0.3 is 9.80 Å². The van der Waals surface area contributed by atoms with Crippen molar-refractivity contribution >= 4 is 53.2 Å². The van der Waals surface area contributed by atoms with Gasteiger partial charge in [-0.25, -0.2) is 4.79 Å². The lowest BCUT2D eigenvalue weighted by atomic mass is 10.1. The fourth-order valence-electron chi connectivity index (χ4n) is 3.60. The van der Waals surface area contributed by atoms with Crippen molar-refractivity contribution < 1.29 is 4.79 Å². The van der Waals surface area contributed by atoms with Gasteiger partial charge in [0.2, 0.25) is 0 Å². The average molecular weight is 488 g/mol. The van der Waals surface area contributed by atoms with Crippen LogP contribution in [0.1, 0.15) is 5.56 Å². The largest absolute Gasteiger partial charge is 0.328 e. The summed E-state index contributed by atoms with van der Waals surface area (Å²) in [4.78, 5) is 21.5. The molecule has 0 atom stereocenters. The average Bonchev–Trinajstić information content (AvgIpc) is 2.80. The molecular weight excluding hydrogens is 461 g/mol. The quantitative estimate of drug-likeness (QED) is 0.392. The second-order valence-electron chi connectivity index (χ2n) is 7.76. The molecule has 0 aliphatic carbocycles. The standard InChI is InChI=1S/C25H26ClN3OS.ClH/c1-27(15-14-19-8-4-3-5-9-19)16-17-28(2)25(30)29-21-10-6-7-11-23(21)31-24-13-12-20(26)18-22(24)29;/h3-13,18H,14-17H2,1-2H3;1H. The van der Waals surface area contributed by atoms with E-state index in [1.54, 1.807) is 21.6 Å². The number of hydrogen-bond acceptors (Lipinski definition) is 3. The van der Waals surface area contributed by atoms with Crippen LogP contribution in [0.2, 0.25) is 5.02 Å². The van der Waals surface area contributed by atoms with Crippen LogP contribution in [0.4, 0.5) is 16.2 Å². The second kappa shape index (κ2) is 11.1. The Balaban J connectivity index is 0.00000289. The minimum Gasteiger partial charge on any atom is -0.326 e. The number of carbonyl (C=O) groups is 1. The number of halogens is 2. The highest BCUT2D eigenvalue weighted by molar-refractivity contribution is 7.99. The summed E-state index contributed by atoms with van der Waals surface area (Å²) in [7, 11) is 3.96. The summed E-state index contributed by atoms with van der Waals surface area (Å²) < 4.78 is 0. The van der Waals surface area contributed by atoms with Gasteiger partial charge in [-0.3, -0.25) is 4.90 Å². The fourth-order valence-corrected chi connectivity index (χ4v) is 4.80. The molecule has 1 aliphatic rings. The molecule has 0 saturated carbocycles. The Kier molecular flexibility index (Phi) is 8.49. The minimum atomic E-state index is -0.0484. The van der Waals surface area contributed by atoms with E-state index in [2.05, 4.69) is 42.3 Å². The predicted octanol–water partition coefficient (Wildman–Crippen LogP) is 6.59. The topological polar surface area (TPSA) is 26.8 Å². The van der Waals surface area contributed by atoms with Gasteiger partial charge in [0.05, 0.1) is 11.4 Å². The normalized spacial score (nSPS) is 12.1. The molecule has 7 heteroatoms. The van der Waals surface area contributed by atoms with Crippen molar-refractivity contribution in [2.24, 2.45) is 0 Å². The highest BCUT2D eigenvalue weighted by atomic mass is 35.5. The molecule has 0 saturated heterocycles. The number of carbonyl (C=O) groups excluding carboxylic acids is 1. The fraction of sp³-hybridized carbons (Fsp3) is 0.240. The summed E-state index contributed by atoms with van der Waals surface area (Å²) in [6.07, 6.45) is 0.998. The maximum Gasteiger partial charge on any atom is 0.328 e. The maximum atomic E-state index is 13.5. The third-order valence-corrected chi connectivity index (χ3v) is 6.81. The zero-order valence-corrected chi connectivity index (χ0v) is 20.6. The number of urea groups is 1. The molecule has 0 aromatic heterocycles. The van der Waals surface area contributed by atoms with Crippen LogP contribution < -0.4 is 4.90 Å². The maximum absolute atomic E-state index is 13.5. The van der Waals surface area contributed by atoms with E-state index in [1.165, 1.54) is 5.56 Å². The number of anilines is 2. The van der Waals surface area contributed by atoms with E-state index >= 15 is 0 Å². The second-order valence-corrected chi connectivity index (χ2v) is 9.28. The van der Waals surface area contributed by atoms with E-state index in [-0.39, 0.29) is 18.4 Å². The minimum absolute atomic E-state index is 0. The molecule has 0 fully saturated rings. The van der Waals surface area contributed by atoms with Crippen molar-refractivity contribution in [3.05, 3.63) is 83.4 Å². The Morgan fingerprint density at radius 1 is 0.875 bits per heavy atom. The van der Waals surface area contributed by atoms with Crippen LogP contribution in [0.5, 0.6) is 0 Å². The lowest BCUT2D eigenvalue weighted by molar-refractivity contribution is 0.209. The van der Waals surface area contributed by atoms with E-state index in [1.807, 2.05) is 49.5 Å². The lowest BCUT2D eigenvalue weighted by Gasteiger charge is -2.34. The van der Waals surface area contributed by atoms with Crippen molar-refractivity contribution in [2.75, 3.05) is 38.6 Å². The molecule has 0 spiro atoms. The number of nitrogens with zero attached hydrogens (tertiary/aromatic N) is 3. The lowest BCUT2D eigenvalue weighted by Crippen LogP contribution is -2.42. The van der Waals surface area contributed by atoms with Crippen molar-refractivity contribution in [2.45, 2.75) is 16.2 Å². The summed E-state index contributed by atoms with van der Waals surface area (Å²) in [5.74, 6) is 0. The first-order valence-electron chi connectivity index (χ1n) is 10.4. The molecule has 4 nitrogen and oxygen atoms in total. The van der Waals surface area contributed by atoms with Crippen molar-refractivity contribution in [1.82, 2.24) is 9.80 Å². The van der Waals surface area contributed by atoms with Gasteiger partial charge >= 0.3 is 6.03 Å². The van der Waals surface area contributed by atoms with Crippen molar-refractivity contribution in [3.8, 4) is 0 Å². The van der Waals surface area contributed by atoms with Crippen molar-refractivity contribution in [3.63, 3.8) is 0 Å². The summed E-state index contributed by atoms with van der Waals surface area (Å²) in [6.45, 7) is 2.40. The first-order chi connectivity index (χ1) is 15.0. The van der Waals surface area contributed by atoms with Gasteiger partial charge in [0.25, 0.3) is 0 Å². The van der Waals surface area contributed by atoms with Crippen LogP contribution in [0.3, 0.4) is 0 Å². The van der Waals surface area contributed by atoms with E-state index in [0.29, 0.717) is 11.6 Å². The van der Waals surface area contributed by atoms with E-state index in [4.69, 9.17) is 11.6 Å². The molecule has 2 amide bonds. The molecule has 0 radical (unpaired) electrons. The van der Waals surface area contributed by atoms with Crippen LogP contribution in [0.25, 0.3) is 0 Å². The van der Waals surface area contributed by atoms with Gasteiger partial charge in [-0.2, -0.15) is 0 Å². The highest BCUT2D eigenvalue weighted by Gasteiger charge is 2.30. The van der Waals surface area contributed by atoms with Gasteiger partial charge in [0, 0.05) is 41.5 Å². The smallest absolute Gasteiger partial charge is 0.326 e. The zero-order valence-electron chi connectivity index (χ0n) is 18.2. The Hall–Kier alpha value is -2.18. The predicted molar refractivity (Wildman–Crippen MR) is 137 cm³/mol. The molecule has 3 aromatic carbocycles. The first kappa shape index (κ1) is 24.5. The number of rotatable bonds is 6. The molecule has 0 bridgehead atoms. The van der Waals surface area contributed by atoms with Crippen LogP contribution in [-0.2, 0) is 6.42 Å². The summed E-state index contributed by atoms with van der Waals surface area (Å²) in [5, 5.41) is 0.625. The summed E-state index contributed by atoms with van der Waals surface area (Å²) in [6, 6.07) is 24.2. The van der Waals surface area contributed by atoms with Crippen LogP contribution in [0, 0.1) is 0 Å². The van der Waals surface area contributed by atoms with E-state index in [9.17, 15) is 4.79 Å². The Morgan fingerprint density at radius 2 is 1.56 bits per heavy atom. The molecule has 0 N–H and O–H groups in total. The third-order valence-electron chi connectivity index (χ3n) is 5.45. The third kappa shape index (κ3) is 5.59. The number of benzene rings is 3. The number of para-hydroxylation sites is 1. The van der Waals surface area contributed by atoms with Gasteiger partial charge in [0.1, 0.15) is 0 Å². The van der Waals surface area contributed by atoms with Gasteiger partial charge in [-0.05, 0) is 49.4 Å². The first-order valence-corrected chi connectivity index (χ1v) is 11.6. The summed E-state index contributed by atoms with van der Waals surface area (Å²) >= 11 is 7.94. The Morgan fingerprint density at radius 3 is 2.34 bits per heavy atom. The van der Waals surface area contributed by atoms with E-state index < -0.39 is 0 Å². The zero-order chi connectivity index (χ0) is 21.8.